The van der Waals surface area contributed by atoms with Gasteiger partial charge in [0.1, 0.15) is 5.75 Å². The maximum Gasteiger partial charge on any atom is 0.238 e. The van der Waals surface area contributed by atoms with Crippen LogP contribution in [-0.4, -0.2) is 27.2 Å². The number of hydrogen-bond donors (Lipinski definition) is 2. The zero-order valence-electron chi connectivity index (χ0n) is 14.5. The largest absolute Gasteiger partial charge is 0.496 e. The van der Waals surface area contributed by atoms with E-state index < -0.39 is 10.0 Å². The lowest BCUT2D eigenvalue weighted by atomic mass is 10.0. The van der Waals surface area contributed by atoms with E-state index in [1.54, 1.807) is 12.1 Å². The zero-order chi connectivity index (χ0) is 19.3. The molecule has 0 aliphatic rings. The number of nitrogens with two attached hydrogens (primary N) is 1. The second kappa shape index (κ2) is 8.11. The van der Waals surface area contributed by atoms with E-state index in [0.717, 1.165) is 5.56 Å². The number of sulfonamides is 1. The predicted molar refractivity (Wildman–Crippen MR) is 97.7 cm³/mol. The van der Waals surface area contributed by atoms with Crippen molar-refractivity contribution in [3.05, 3.63) is 53.6 Å². The van der Waals surface area contributed by atoms with Gasteiger partial charge in [-0.2, -0.15) is 0 Å². The van der Waals surface area contributed by atoms with Gasteiger partial charge in [0.25, 0.3) is 0 Å². The molecule has 7 nitrogen and oxygen atoms in total. The summed E-state index contributed by atoms with van der Waals surface area (Å²) in [5.74, 6) is -0.0711. The summed E-state index contributed by atoms with van der Waals surface area (Å²) in [5, 5.41) is 7.63. The van der Waals surface area contributed by atoms with Crippen molar-refractivity contribution < 1.29 is 22.7 Å². The average molecular weight is 376 g/mol. The lowest BCUT2D eigenvalue weighted by molar-refractivity contribution is -0.116. The van der Waals surface area contributed by atoms with E-state index in [0.29, 0.717) is 17.0 Å². The van der Waals surface area contributed by atoms with Gasteiger partial charge >= 0.3 is 0 Å². The van der Waals surface area contributed by atoms with Crippen LogP contribution in [-0.2, 0) is 14.8 Å². The van der Waals surface area contributed by atoms with Crippen molar-refractivity contribution in [2.45, 2.75) is 24.7 Å². The van der Waals surface area contributed by atoms with Gasteiger partial charge in [0.05, 0.1) is 17.6 Å². The van der Waals surface area contributed by atoms with Gasteiger partial charge in [-0.25, -0.2) is 13.6 Å². The lowest BCUT2D eigenvalue weighted by Gasteiger charge is -2.09. The van der Waals surface area contributed by atoms with Gasteiger partial charge in [-0.3, -0.25) is 9.59 Å². The third-order valence-electron chi connectivity index (χ3n) is 3.70. The normalized spacial score (nSPS) is 11.0. The maximum absolute atomic E-state index is 12.3. The van der Waals surface area contributed by atoms with E-state index in [1.807, 2.05) is 13.0 Å². The fraction of sp³-hybridized carbons (Fsp3) is 0.222. The number of nitrogens with one attached hydrogen (secondary N) is 1. The molecule has 0 spiro atoms. The molecule has 0 heterocycles. The molecule has 0 aromatic heterocycles. The average Bonchev–Trinajstić information content (AvgIpc) is 2.59. The molecule has 26 heavy (non-hydrogen) atoms. The van der Waals surface area contributed by atoms with Gasteiger partial charge in [0.2, 0.25) is 15.9 Å². The first-order valence-corrected chi connectivity index (χ1v) is 9.36. The van der Waals surface area contributed by atoms with E-state index in [-0.39, 0.29) is 29.4 Å². The Kier molecular flexibility index (Phi) is 6.12. The van der Waals surface area contributed by atoms with Crippen LogP contribution in [0.4, 0.5) is 5.69 Å². The van der Waals surface area contributed by atoms with Crippen LogP contribution in [0.15, 0.2) is 47.4 Å². The molecule has 2 aromatic carbocycles. The maximum atomic E-state index is 12.3. The summed E-state index contributed by atoms with van der Waals surface area (Å²) in [4.78, 5) is 24.3. The zero-order valence-corrected chi connectivity index (χ0v) is 15.3. The molecule has 0 atom stereocenters. The fourth-order valence-corrected chi connectivity index (χ4v) is 2.87. The molecular formula is C18H20N2O5S. The first kappa shape index (κ1) is 19.6. The van der Waals surface area contributed by atoms with Crippen LogP contribution in [0.5, 0.6) is 5.75 Å². The van der Waals surface area contributed by atoms with Crippen molar-refractivity contribution in [1.82, 2.24) is 0 Å². The highest BCUT2D eigenvalue weighted by Crippen LogP contribution is 2.22. The number of primary sulfonamides is 1. The summed E-state index contributed by atoms with van der Waals surface area (Å²) in [7, 11) is -2.29. The molecule has 2 aromatic rings. The Balaban J connectivity index is 1.96. The molecule has 0 unspecified atom stereocenters. The summed E-state index contributed by atoms with van der Waals surface area (Å²) >= 11 is 0. The minimum atomic E-state index is -3.78. The third kappa shape index (κ3) is 5.14. The minimum absolute atomic E-state index is 0.00707. The minimum Gasteiger partial charge on any atom is -0.496 e. The molecule has 3 N–H and O–H groups in total. The molecule has 0 saturated carbocycles. The highest BCUT2D eigenvalue weighted by Gasteiger charge is 2.15. The number of methoxy groups -OCH3 is 1. The van der Waals surface area contributed by atoms with Crippen LogP contribution in [0.25, 0.3) is 0 Å². The van der Waals surface area contributed by atoms with Gasteiger partial charge in [-0.1, -0.05) is 11.6 Å². The quantitative estimate of drug-likeness (QED) is 0.719. The second-order valence-electron chi connectivity index (χ2n) is 5.74. The van der Waals surface area contributed by atoms with Crippen molar-refractivity contribution in [3.8, 4) is 5.75 Å². The Bertz CT molecular complexity index is 921. The number of anilines is 1. The Morgan fingerprint density at radius 3 is 2.31 bits per heavy atom. The number of carbonyl (C=O) groups excluding carboxylic acids is 2. The Morgan fingerprint density at radius 2 is 1.73 bits per heavy atom. The van der Waals surface area contributed by atoms with Crippen LogP contribution in [0.2, 0.25) is 0 Å². The molecule has 0 aliphatic carbocycles. The first-order valence-electron chi connectivity index (χ1n) is 7.81. The molecule has 0 saturated heterocycles. The SMILES string of the molecule is COc1ccc(C)cc1C(=O)CCC(=O)Nc1ccc(S(N)(=O)=O)cc1. The molecule has 0 radical (unpaired) electrons. The molecule has 8 heteroatoms. The lowest BCUT2D eigenvalue weighted by Crippen LogP contribution is -2.15. The standard InChI is InChI=1S/C18H20N2O5S/c1-12-3-9-17(25-2)15(11-12)16(21)8-10-18(22)20-13-4-6-14(7-5-13)26(19,23)24/h3-7,9,11H,8,10H2,1-2H3,(H,20,22)(H2,19,23,24). The Hall–Kier alpha value is -2.71. The topological polar surface area (TPSA) is 116 Å². The molecule has 0 aliphatic heterocycles. The number of ether oxygens (including phenoxy) is 1. The van der Waals surface area contributed by atoms with Crippen LogP contribution >= 0.6 is 0 Å². The summed E-state index contributed by atoms with van der Waals surface area (Å²) < 4.78 is 27.6. The van der Waals surface area contributed by atoms with Crippen molar-refractivity contribution >= 4 is 27.4 Å². The predicted octanol–water partition coefficient (Wildman–Crippen LogP) is 2.25. The monoisotopic (exact) mass is 376 g/mol. The molecule has 0 fully saturated rings. The van der Waals surface area contributed by atoms with Crippen LogP contribution in [0.3, 0.4) is 0 Å². The summed E-state index contributed by atoms with van der Waals surface area (Å²) in [6.07, 6.45) is 0.0216. The number of hydrogen-bond acceptors (Lipinski definition) is 5. The van der Waals surface area contributed by atoms with Gasteiger partial charge in [-0.15, -0.1) is 0 Å². The number of amides is 1. The smallest absolute Gasteiger partial charge is 0.238 e. The van der Waals surface area contributed by atoms with Crippen molar-refractivity contribution in [3.63, 3.8) is 0 Å². The van der Waals surface area contributed by atoms with E-state index >= 15 is 0 Å². The number of benzene rings is 2. The molecule has 2 rings (SSSR count). The molecule has 138 valence electrons. The van der Waals surface area contributed by atoms with Gasteiger partial charge < -0.3 is 10.1 Å². The molecular weight excluding hydrogens is 356 g/mol. The Labute approximate surface area is 152 Å². The third-order valence-corrected chi connectivity index (χ3v) is 4.63. The highest BCUT2D eigenvalue weighted by molar-refractivity contribution is 7.89. The van der Waals surface area contributed by atoms with Crippen LogP contribution in [0.1, 0.15) is 28.8 Å². The summed E-state index contributed by atoms with van der Waals surface area (Å²) in [5.41, 5.74) is 1.79. The number of ketones is 1. The number of aryl methyl sites for hydroxylation is 1. The van der Waals surface area contributed by atoms with Crippen LogP contribution < -0.4 is 15.2 Å². The fourth-order valence-electron chi connectivity index (χ4n) is 2.35. The van der Waals surface area contributed by atoms with E-state index in [4.69, 9.17) is 9.88 Å². The molecule has 1 amide bonds. The van der Waals surface area contributed by atoms with Crippen molar-refractivity contribution in [2.24, 2.45) is 5.14 Å². The number of carbonyl (C=O) groups is 2. The van der Waals surface area contributed by atoms with Gasteiger partial charge in [0.15, 0.2) is 5.78 Å². The van der Waals surface area contributed by atoms with Crippen LogP contribution in [0, 0.1) is 6.92 Å². The summed E-state index contributed by atoms with van der Waals surface area (Å²) in [6, 6.07) is 10.8. The van der Waals surface area contributed by atoms with Crippen molar-refractivity contribution in [1.29, 1.82) is 0 Å². The highest BCUT2D eigenvalue weighted by atomic mass is 32.2. The Morgan fingerprint density at radius 1 is 1.08 bits per heavy atom. The second-order valence-corrected chi connectivity index (χ2v) is 7.31. The van der Waals surface area contributed by atoms with Crippen molar-refractivity contribution in [2.75, 3.05) is 12.4 Å². The van der Waals surface area contributed by atoms with E-state index in [9.17, 15) is 18.0 Å². The van der Waals surface area contributed by atoms with Gasteiger partial charge in [0, 0.05) is 18.5 Å². The first-order chi connectivity index (χ1) is 12.2. The van der Waals surface area contributed by atoms with E-state index in [2.05, 4.69) is 5.32 Å². The molecule has 0 bridgehead atoms. The summed E-state index contributed by atoms with van der Waals surface area (Å²) in [6.45, 7) is 1.87. The van der Waals surface area contributed by atoms with E-state index in [1.165, 1.54) is 31.4 Å². The van der Waals surface area contributed by atoms with Gasteiger partial charge in [-0.05, 0) is 43.3 Å². The number of rotatable bonds is 7. The number of Topliss-reactive ketones (excluding diaryl/α,β-unsaturated/α-hetero) is 1.